The highest BCUT2D eigenvalue weighted by Gasteiger charge is 2.42. The molecule has 11 heteroatoms. The van der Waals surface area contributed by atoms with E-state index in [0.29, 0.717) is 23.7 Å². The van der Waals surface area contributed by atoms with Gasteiger partial charge in [0.15, 0.2) is 0 Å². The molecule has 1 aromatic carbocycles. The number of alkyl halides is 3. The highest BCUT2D eigenvalue weighted by atomic mass is 35.5. The Labute approximate surface area is 202 Å². The minimum Gasteiger partial charge on any atom is -0.310 e. The zero-order valence-corrected chi connectivity index (χ0v) is 19.6. The molecule has 1 N–H and O–H groups in total. The molecule has 3 aromatic rings. The highest BCUT2D eigenvalue weighted by Crippen LogP contribution is 2.44. The van der Waals surface area contributed by atoms with Crippen LogP contribution in [0.4, 0.5) is 19.0 Å². The van der Waals surface area contributed by atoms with Crippen LogP contribution in [0.3, 0.4) is 0 Å². The zero-order valence-electron chi connectivity index (χ0n) is 18.0. The van der Waals surface area contributed by atoms with Crippen molar-refractivity contribution in [2.45, 2.75) is 62.8 Å². The van der Waals surface area contributed by atoms with Crippen LogP contribution in [0.25, 0.3) is 10.9 Å². The maximum absolute atomic E-state index is 12.8. The van der Waals surface area contributed by atoms with Crippen molar-refractivity contribution in [3.63, 3.8) is 0 Å². The molecule has 0 unspecified atom stereocenters. The summed E-state index contributed by atoms with van der Waals surface area (Å²) in [5, 5.41) is 14.7. The van der Waals surface area contributed by atoms with Gasteiger partial charge in [0, 0.05) is 28.2 Å². The monoisotopic (exact) mass is 510 g/mol. The molecule has 2 heterocycles. The van der Waals surface area contributed by atoms with E-state index in [1.54, 1.807) is 12.1 Å². The first-order chi connectivity index (χ1) is 16.2. The van der Waals surface area contributed by atoms with Crippen LogP contribution in [0.5, 0.6) is 0 Å². The van der Waals surface area contributed by atoms with E-state index in [2.05, 4.69) is 25.2 Å². The molecule has 0 radical (unpaired) electrons. The van der Waals surface area contributed by atoms with Crippen molar-refractivity contribution in [2.24, 2.45) is 5.92 Å². The summed E-state index contributed by atoms with van der Waals surface area (Å²) in [6, 6.07) is 9.07. The first-order valence-corrected chi connectivity index (χ1v) is 12.4. The van der Waals surface area contributed by atoms with E-state index in [9.17, 15) is 18.0 Å². The molecule has 2 fully saturated rings. The molecular formula is C23H22ClF3N4O2S. The number of fused-ring (bicyclic) bond motifs is 1. The lowest BCUT2D eigenvalue weighted by Gasteiger charge is -2.33. The number of halogens is 4. The minimum absolute atomic E-state index is 0.0220. The molecule has 0 aliphatic heterocycles. The third-order valence-electron chi connectivity index (χ3n) is 6.55. The fraction of sp³-hybridized carbons (Fsp3) is 0.478. The summed E-state index contributed by atoms with van der Waals surface area (Å²) in [7, 11) is 0. The fourth-order valence-corrected chi connectivity index (χ4v) is 5.95. The van der Waals surface area contributed by atoms with Crippen molar-refractivity contribution in [3.8, 4) is 0 Å². The summed E-state index contributed by atoms with van der Waals surface area (Å²) in [6.45, 7) is 0. The smallest absolute Gasteiger partial charge is 0.310 e. The number of hydrogen-bond donors (Lipinski definition) is 1. The van der Waals surface area contributed by atoms with E-state index in [0.717, 1.165) is 46.6 Å². The summed E-state index contributed by atoms with van der Waals surface area (Å²) in [4.78, 5) is 17.3. The van der Waals surface area contributed by atoms with Crippen LogP contribution in [0, 0.1) is 5.92 Å². The molecule has 0 spiro atoms. The van der Waals surface area contributed by atoms with Gasteiger partial charge >= 0.3 is 6.36 Å². The summed E-state index contributed by atoms with van der Waals surface area (Å²) in [5.74, 6) is 0.581. The number of anilines is 1. The second kappa shape index (κ2) is 9.39. The Kier molecular flexibility index (Phi) is 6.47. The molecule has 6 nitrogen and oxygen atoms in total. The lowest BCUT2D eigenvalue weighted by Crippen LogP contribution is -2.34. The Morgan fingerprint density at radius 1 is 1.03 bits per heavy atom. The summed E-state index contributed by atoms with van der Waals surface area (Å²) in [6.07, 6.45) is -1.64. The molecular weight excluding hydrogens is 489 g/mol. The molecule has 34 heavy (non-hydrogen) atoms. The van der Waals surface area contributed by atoms with Crippen LogP contribution in [0.2, 0.25) is 5.02 Å². The number of nitrogens with one attached hydrogen (secondary N) is 1. The predicted molar refractivity (Wildman–Crippen MR) is 123 cm³/mol. The molecule has 2 saturated carbocycles. The maximum Gasteiger partial charge on any atom is 0.522 e. The first-order valence-electron chi connectivity index (χ1n) is 11.2. The molecule has 2 aromatic heterocycles. The Balaban J connectivity index is 1.12. The Morgan fingerprint density at radius 2 is 1.74 bits per heavy atom. The molecule has 5 rings (SSSR count). The second-order valence-electron chi connectivity index (χ2n) is 8.90. The van der Waals surface area contributed by atoms with Crippen LogP contribution in [-0.2, 0) is 9.53 Å². The van der Waals surface area contributed by atoms with Crippen molar-refractivity contribution in [1.29, 1.82) is 0 Å². The van der Waals surface area contributed by atoms with Crippen molar-refractivity contribution in [3.05, 3.63) is 45.4 Å². The van der Waals surface area contributed by atoms with Crippen molar-refractivity contribution < 1.29 is 22.7 Å². The minimum atomic E-state index is -4.59. The number of nitrogens with zero attached hydrogens (tertiary/aromatic N) is 3. The van der Waals surface area contributed by atoms with Gasteiger partial charge in [-0.2, -0.15) is 0 Å². The van der Waals surface area contributed by atoms with Crippen molar-refractivity contribution >= 4 is 45.6 Å². The van der Waals surface area contributed by atoms with E-state index in [1.807, 2.05) is 18.2 Å². The summed E-state index contributed by atoms with van der Waals surface area (Å²) in [5.41, 5.74) is 0.765. The van der Waals surface area contributed by atoms with Gasteiger partial charge in [0.2, 0.25) is 5.91 Å². The second-order valence-corrected chi connectivity index (χ2v) is 10.4. The lowest BCUT2D eigenvalue weighted by molar-refractivity contribution is -0.351. The van der Waals surface area contributed by atoms with Gasteiger partial charge in [-0.25, -0.2) is 4.98 Å². The molecule has 0 atom stereocenters. The summed E-state index contributed by atoms with van der Waals surface area (Å²) < 4.78 is 41.0. The molecule has 2 aliphatic carbocycles. The number of carbonyl (C=O) groups is 1. The number of aromatic nitrogens is 3. The van der Waals surface area contributed by atoms with Gasteiger partial charge < -0.3 is 5.32 Å². The SMILES string of the molecule is O=C(Nc1ccc2cc(Cl)ccc2n1)C1CCC(c2nnc(C3CC(OC(F)(F)F)C3)s2)CC1. The first kappa shape index (κ1) is 23.4. The average Bonchev–Trinajstić information content (AvgIpc) is 3.25. The van der Waals surface area contributed by atoms with Gasteiger partial charge in [-0.15, -0.1) is 34.7 Å². The third-order valence-corrected chi connectivity index (χ3v) is 8.03. The van der Waals surface area contributed by atoms with E-state index in [-0.39, 0.29) is 23.7 Å². The number of ether oxygens (including phenoxy) is 1. The lowest BCUT2D eigenvalue weighted by atomic mass is 9.82. The van der Waals surface area contributed by atoms with Crippen LogP contribution in [-0.4, -0.2) is 33.6 Å². The number of hydrogen-bond acceptors (Lipinski definition) is 6. The number of rotatable bonds is 5. The largest absolute Gasteiger partial charge is 0.522 e. The van der Waals surface area contributed by atoms with Gasteiger partial charge in [0.1, 0.15) is 15.8 Å². The number of pyridine rings is 1. The number of amides is 1. The molecule has 0 saturated heterocycles. The maximum atomic E-state index is 12.8. The van der Waals surface area contributed by atoms with Gasteiger partial charge in [0.05, 0.1) is 11.6 Å². The van der Waals surface area contributed by atoms with Crippen molar-refractivity contribution in [1.82, 2.24) is 15.2 Å². The molecule has 2 aliphatic rings. The topological polar surface area (TPSA) is 77.0 Å². The van der Waals surface area contributed by atoms with Crippen LogP contribution in [0.1, 0.15) is 60.4 Å². The van der Waals surface area contributed by atoms with Gasteiger partial charge in [-0.1, -0.05) is 11.6 Å². The van der Waals surface area contributed by atoms with Gasteiger partial charge in [-0.05, 0) is 68.9 Å². The van der Waals surface area contributed by atoms with Gasteiger partial charge in [0.25, 0.3) is 0 Å². The van der Waals surface area contributed by atoms with Crippen molar-refractivity contribution in [2.75, 3.05) is 5.32 Å². The Morgan fingerprint density at radius 3 is 2.44 bits per heavy atom. The highest BCUT2D eigenvalue weighted by molar-refractivity contribution is 7.11. The Bertz CT molecular complexity index is 1190. The molecule has 1 amide bonds. The predicted octanol–water partition coefficient (Wildman–Crippen LogP) is 6.43. The Hall–Kier alpha value is -2.30. The summed E-state index contributed by atoms with van der Waals surface area (Å²) >= 11 is 7.49. The van der Waals surface area contributed by atoms with Crippen LogP contribution >= 0.6 is 22.9 Å². The number of benzene rings is 1. The quantitative estimate of drug-likeness (QED) is 0.427. The van der Waals surface area contributed by atoms with Crippen LogP contribution < -0.4 is 5.32 Å². The van der Waals surface area contributed by atoms with E-state index in [4.69, 9.17) is 11.6 Å². The average molecular weight is 511 g/mol. The van der Waals surface area contributed by atoms with E-state index >= 15 is 0 Å². The van der Waals surface area contributed by atoms with Crippen LogP contribution in [0.15, 0.2) is 30.3 Å². The van der Waals surface area contributed by atoms with E-state index in [1.165, 1.54) is 11.3 Å². The normalized spacial score (nSPS) is 25.2. The van der Waals surface area contributed by atoms with E-state index < -0.39 is 12.5 Å². The fourth-order valence-electron chi connectivity index (χ4n) is 4.63. The number of carbonyl (C=O) groups excluding carboxylic acids is 1. The molecule has 0 bridgehead atoms. The zero-order chi connectivity index (χ0) is 23.9. The molecule has 180 valence electrons. The standard InChI is InChI=1S/C23H22ClF3N4O2S/c24-16-6-7-18-14(9-16)5-8-19(28-18)29-20(32)12-1-3-13(4-2-12)21-30-31-22(34-21)15-10-17(11-15)33-23(25,26)27/h5-9,12-13,15,17H,1-4,10-11H2,(H,28,29,32). The van der Waals surface area contributed by atoms with Gasteiger partial charge in [-0.3, -0.25) is 9.53 Å². The third kappa shape index (κ3) is 5.34.